The van der Waals surface area contributed by atoms with E-state index in [-0.39, 0.29) is 23.4 Å². The first-order chi connectivity index (χ1) is 20.7. The van der Waals surface area contributed by atoms with Gasteiger partial charge in [0.05, 0.1) is 17.6 Å². The second-order valence-electron chi connectivity index (χ2n) is 14.5. The van der Waals surface area contributed by atoms with E-state index in [1.165, 1.54) is 9.75 Å². The lowest BCUT2D eigenvalue weighted by atomic mass is 9.71. The fourth-order valence-corrected chi connectivity index (χ4v) is 16.0. The van der Waals surface area contributed by atoms with Gasteiger partial charge in [-0.05, 0) is 82.4 Å². The zero-order valence-corrected chi connectivity index (χ0v) is 31.6. The minimum Gasteiger partial charge on any atom is -0.412 e. The van der Waals surface area contributed by atoms with Crippen molar-refractivity contribution < 1.29 is 14.3 Å². The van der Waals surface area contributed by atoms with Gasteiger partial charge in [-0.15, -0.1) is 22.7 Å². The van der Waals surface area contributed by atoms with Crippen LogP contribution in [0, 0.1) is 17.8 Å². The number of aromatic nitrogens is 1. The molecule has 4 nitrogen and oxygen atoms in total. The molecule has 1 aliphatic carbocycles. The van der Waals surface area contributed by atoms with E-state index in [1.54, 1.807) is 22.7 Å². The lowest BCUT2D eigenvalue weighted by molar-refractivity contribution is -0.317. The largest absolute Gasteiger partial charge is 0.412 e. The minimum atomic E-state index is -2.17. The summed E-state index contributed by atoms with van der Waals surface area (Å²) in [6, 6.07) is 8.50. The number of halogens is 1. The third kappa shape index (κ3) is 5.71. The SMILES string of the molecule is CC[C@H]1OC(O)(c2cc(C3(c4ncc(-c5cccs5)s4)CC3)c(Cl)cc2CO[Si](C(C)C)(C(C)C)C(C)C)[C@H](C)[C@@H](C)[C@@H]1C. The number of benzene rings is 1. The molecule has 0 bridgehead atoms. The van der Waals surface area contributed by atoms with E-state index in [4.69, 9.17) is 25.7 Å². The lowest BCUT2D eigenvalue weighted by Crippen LogP contribution is -2.52. The molecule has 1 aliphatic heterocycles. The molecule has 2 fully saturated rings. The van der Waals surface area contributed by atoms with Crippen LogP contribution in [0.25, 0.3) is 9.75 Å². The number of aliphatic hydroxyl groups is 1. The van der Waals surface area contributed by atoms with Crippen molar-refractivity contribution in [2.75, 3.05) is 0 Å². The number of thiazole rings is 1. The van der Waals surface area contributed by atoms with Crippen LogP contribution in [0.2, 0.25) is 21.6 Å². The predicted molar refractivity (Wildman–Crippen MR) is 189 cm³/mol. The van der Waals surface area contributed by atoms with Crippen LogP contribution in [0.4, 0.5) is 0 Å². The van der Waals surface area contributed by atoms with E-state index in [0.29, 0.717) is 29.1 Å². The predicted octanol–water partition coefficient (Wildman–Crippen LogP) is 11.2. The standard InChI is InChI=1S/C36H52ClNO3S2Si/c1-11-31-25(9)24(8)26(10)36(39,41-31)28-18-29(35(14-15-35)34-38-19-33(43-34)32-13-12-16-42-32)30(37)17-27(28)20-40-44(21(2)3,22(4)5)23(6)7/h12-13,16-19,21-26,31,39H,11,14-15,20H2,1-10H3/t24-,25-,26+,31+,36?/m0/s1. The van der Waals surface area contributed by atoms with E-state index in [0.717, 1.165) is 46.0 Å². The smallest absolute Gasteiger partial charge is 0.200 e. The molecule has 242 valence electrons. The van der Waals surface area contributed by atoms with Crippen molar-refractivity contribution in [2.45, 2.75) is 129 Å². The van der Waals surface area contributed by atoms with E-state index in [2.05, 4.69) is 98.9 Å². The van der Waals surface area contributed by atoms with Crippen LogP contribution in [0.1, 0.15) is 110 Å². The molecule has 3 aromatic rings. The van der Waals surface area contributed by atoms with Crippen LogP contribution in [0.3, 0.4) is 0 Å². The van der Waals surface area contributed by atoms with Crippen molar-refractivity contribution in [2.24, 2.45) is 17.8 Å². The zero-order valence-electron chi connectivity index (χ0n) is 28.2. The Hall–Kier alpha value is -1.06. The van der Waals surface area contributed by atoms with Crippen LogP contribution in [0.15, 0.2) is 35.8 Å². The van der Waals surface area contributed by atoms with Crippen molar-refractivity contribution >= 4 is 42.6 Å². The summed E-state index contributed by atoms with van der Waals surface area (Å²) in [6.45, 7) is 23.1. The van der Waals surface area contributed by atoms with Crippen molar-refractivity contribution in [3.63, 3.8) is 0 Å². The van der Waals surface area contributed by atoms with Crippen LogP contribution < -0.4 is 0 Å². The number of hydrogen-bond donors (Lipinski definition) is 1. The first-order valence-corrected chi connectivity index (χ1v) is 20.8. The highest BCUT2D eigenvalue weighted by molar-refractivity contribution is 7.21. The third-order valence-corrected chi connectivity index (χ3v) is 19.9. The monoisotopic (exact) mass is 673 g/mol. The van der Waals surface area contributed by atoms with Crippen molar-refractivity contribution in [3.05, 3.63) is 62.6 Å². The molecule has 1 aromatic carbocycles. The number of rotatable bonds is 11. The van der Waals surface area contributed by atoms with Crippen LogP contribution >= 0.6 is 34.3 Å². The molecule has 0 spiro atoms. The van der Waals surface area contributed by atoms with E-state index >= 15 is 0 Å². The molecule has 3 heterocycles. The van der Waals surface area contributed by atoms with Gasteiger partial charge in [0.2, 0.25) is 8.32 Å². The van der Waals surface area contributed by atoms with Crippen LogP contribution in [0.5, 0.6) is 0 Å². The molecule has 1 saturated heterocycles. The Morgan fingerprint density at radius 3 is 2.23 bits per heavy atom. The van der Waals surface area contributed by atoms with Gasteiger partial charge in [-0.3, -0.25) is 0 Å². The molecule has 5 atom stereocenters. The summed E-state index contributed by atoms with van der Waals surface area (Å²) in [6.07, 6.45) is 4.81. The lowest BCUT2D eigenvalue weighted by Gasteiger charge is -2.50. The summed E-state index contributed by atoms with van der Waals surface area (Å²) in [5, 5.41) is 16.7. The topological polar surface area (TPSA) is 51.6 Å². The quantitative estimate of drug-likeness (QED) is 0.206. The molecule has 1 unspecified atom stereocenters. The molecule has 8 heteroatoms. The summed E-state index contributed by atoms with van der Waals surface area (Å²) in [5.41, 5.74) is 3.94. The molecule has 1 saturated carbocycles. The molecule has 0 radical (unpaired) electrons. The van der Waals surface area contributed by atoms with E-state index < -0.39 is 14.1 Å². The van der Waals surface area contributed by atoms with Gasteiger partial charge in [-0.1, -0.05) is 86.9 Å². The molecular formula is C36H52ClNO3S2Si. The Balaban J connectivity index is 1.63. The summed E-state index contributed by atoms with van der Waals surface area (Å²) in [7, 11) is -2.17. The number of nitrogens with zero attached hydrogens (tertiary/aromatic N) is 1. The second kappa shape index (κ2) is 12.9. The first kappa shape index (κ1) is 34.3. The Kier molecular flexibility index (Phi) is 10.0. The van der Waals surface area contributed by atoms with Crippen LogP contribution in [-0.4, -0.2) is 24.5 Å². The fraction of sp³-hybridized carbons (Fsp3) is 0.639. The number of thiophene rings is 1. The van der Waals surface area contributed by atoms with E-state index in [9.17, 15) is 5.11 Å². The summed E-state index contributed by atoms with van der Waals surface area (Å²) < 4.78 is 13.9. The van der Waals surface area contributed by atoms with Crippen molar-refractivity contribution in [1.29, 1.82) is 0 Å². The number of hydrogen-bond acceptors (Lipinski definition) is 6. The summed E-state index contributed by atoms with van der Waals surface area (Å²) >= 11 is 10.8. The molecule has 2 aliphatic rings. The molecule has 1 N–H and O–H groups in total. The first-order valence-electron chi connectivity index (χ1n) is 16.6. The molecule has 5 rings (SSSR count). The Labute approximate surface area is 279 Å². The fourth-order valence-electron chi connectivity index (χ4n) is 8.25. The second-order valence-corrected chi connectivity index (χ2v) is 22.3. The highest BCUT2D eigenvalue weighted by atomic mass is 35.5. The average molecular weight is 674 g/mol. The zero-order chi connectivity index (χ0) is 32.2. The summed E-state index contributed by atoms with van der Waals surface area (Å²) in [4.78, 5) is 7.38. The molecule has 0 amide bonds. The van der Waals surface area contributed by atoms with Gasteiger partial charge in [0, 0.05) is 33.0 Å². The average Bonchev–Trinajstić information content (AvgIpc) is 3.33. The molecular weight excluding hydrogens is 622 g/mol. The van der Waals surface area contributed by atoms with Gasteiger partial charge in [-0.2, -0.15) is 0 Å². The van der Waals surface area contributed by atoms with Gasteiger partial charge in [0.15, 0.2) is 5.79 Å². The normalized spacial score (nSPS) is 27.1. The Morgan fingerprint density at radius 2 is 1.68 bits per heavy atom. The van der Waals surface area contributed by atoms with Crippen molar-refractivity contribution in [3.8, 4) is 9.75 Å². The van der Waals surface area contributed by atoms with E-state index in [1.807, 2.05) is 6.20 Å². The third-order valence-electron chi connectivity index (χ3n) is 11.3. The summed E-state index contributed by atoms with van der Waals surface area (Å²) in [5.74, 6) is -0.908. The maximum atomic E-state index is 12.7. The maximum Gasteiger partial charge on any atom is 0.200 e. The highest BCUT2D eigenvalue weighted by Gasteiger charge is 2.54. The van der Waals surface area contributed by atoms with Gasteiger partial charge in [0.1, 0.15) is 5.01 Å². The molecule has 44 heavy (non-hydrogen) atoms. The van der Waals surface area contributed by atoms with Gasteiger partial charge < -0.3 is 14.3 Å². The molecule has 2 aromatic heterocycles. The Morgan fingerprint density at radius 1 is 1.02 bits per heavy atom. The Bertz CT molecular complexity index is 1410. The highest BCUT2D eigenvalue weighted by Crippen LogP contribution is 2.58. The maximum absolute atomic E-state index is 12.7. The van der Waals surface area contributed by atoms with Crippen molar-refractivity contribution in [1.82, 2.24) is 4.98 Å². The minimum absolute atomic E-state index is 0.0308. The van der Waals surface area contributed by atoms with Gasteiger partial charge in [-0.25, -0.2) is 4.98 Å². The number of ether oxygens (including phenoxy) is 1. The van der Waals surface area contributed by atoms with Gasteiger partial charge >= 0.3 is 0 Å². The van der Waals surface area contributed by atoms with Crippen LogP contribution in [-0.2, 0) is 27.0 Å². The van der Waals surface area contributed by atoms with Gasteiger partial charge in [0.25, 0.3) is 0 Å².